The number of rotatable bonds is 6. The van der Waals surface area contributed by atoms with E-state index in [1.165, 1.54) is 12.1 Å². The summed E-state index contributed by atoms with van der Waals surface area (Å²) in [6.07, 6.45) is 5.89. The Morgan fingerprint density at radius 1 is 1.14 bits per heavy atom. The van der Waals surface area contributed by atoms with Crippen LogP contribution in [0.5, 0.6) is 5.75 Å². The molecule has 1 aromatic carbocycles. The van der Waals surface area contributed by atoms with Gasteiger partial charge in [0.15, 0.2) is 0 Å². The molecule has 29 heavy (non-hydrogen) atoms. The van der Waals surface area contributed by atoms with Crippen molar-refractivity contribution in [1.29, 1.82) is 0 Å². The van der Waals surface area contributed by atoms with Crippen molar-refractivity contribution in [2.24, 2.45) is 0 Å². The summed E-state index contributed by atoms with van der Waals surface area (Å²) in [5, 5.41) is 3.38. The van der Waals surface area contributed by atoms with Gasteiger partial charge in [0.1, 0.15) is 18.2 Å². The minimum Gasteiger partial charge on any atom is -0.490 e. The van der Waals surface area contributed by atoms with Gasteiger partial charge in [-0.05, 0) is 35.9 Å². The molecule has 0 bridgehead atoms. The molecule has 0 spiro atoms. The summed E-state index contributed by atoms with van der Waals surface area (Å²) in [5.74, 6) is 0.367. The van der Waals surface area contributed by atoms with Crippen LogP contribution >= 0.6 is 0 Å². The fraction of sp³-hybridized carbons (Fsp3) is 0.227. The Labute approximate surface area is 168 Å². The van der Waals surface area contributed by atoms with Gasteiger partial charge in [0, 0.05) is 31.0 Å². The molecule has 0 saturated carbocycles. The maximum absolute atomic E-state index is 13.4. The topological polar surface area (TPSA) is 67.4 Å². The van der Waals surface area contributed by atoms with Crippen LogP contribution in [-0.2, 0) is 4.79 Å². The average molecular weight is 392 g/mol. The summed E-state index contributed by atoms with van der Waals surface area (Å²) in [5.41, 5.74) is 2.50. The van der Waals surface area contributed by atoms with Crippen LogP contribution in [0, 0.1) is 5.82 Å². The summed E-state index contributed by atoms with van der Waals surface area (Å²) < 4.78 is 19.2. The fourth-order valence-electron chi connectivity index (χ4n) is 3.58. The first kappa shape index (κ1) is 19.0. The van der Waals surface area contributed by atoms with E-state index >= 15 is 0 Å². The number of halogens is 1. The first-order valence-corrected chi connectivity index (χ1v) is 9.43. The van der Waals surface area contributed by atoms with Crippen molar-refractivity contribution in [1.82, 2.24) is 20.2 Å². The van der Waals surface area contributed by atoms with E-state index in [-0.39, 0.29) is 17.9 Å². The molecule has 3 aromatic rings. The number of ether oxygens (including phenoxy) is 1. The molecule has 1 aliphatic heterocycles. The Balaban J connectivity index is 1.59. The van der Waals surface area contributed by atoms with Gasteiger partial charge in [-0.25, -0.2) is 4.39 Å². The molecule has 2 unspecified atom stereocenters. The van der Waals surface area contributed by atoms with Gasteiger partial charge in [0.05, 0.1) is 24.0 Å². The third-order valence-corrected chi connectivity index (χ3v) is 5.01. The quantitative estimate of drug-likeness (QED) is 0.654. The lowest BCUT2D eigenvalue weighted by Crippen LogP contribution is -2.54. The van der Waals surface area contributed by atoms with Gasteiger partial charge in [-0.15, -0.1) is 0 Å². The molecule has 148 valence electrons. The van der Waals surface area contributed by atoms with Gasteiger partial charge in [0.25, 0.3) is 0 Å². The number of hydrogen-bond donors (Lipinski definition) is 1. The van der Waals surface area contributed by atoms with E-state index in [9.17, 15) is 9.18 Å². The second-order valence-electron chi connectivity index (χ2n) is 6.82. The number of nitrogens with zero attached hydrogens (tertiary/aromatic N) is 3. The maximum Gasteiger partial charge on any atom is 0.210 e. The van der Waals surface area contributed by atoms with Crippen LogP contribution in [-0.4, -0.2) is 47.0 Å². The van der Waals surface area contributed by atoms with Gasteiger partial charge in [0.2, 0.25) is 6.41 Å². The maximum atomic E-state index is 13.4. The molecule has 2 atom stereocenters. The average Bonchev–Trinajstić information content (AvgIpc) is 2.78. The van der Waals surface area contributed by atoms with E-state index in [2.05, 4.69) is 15.3 Å². The number of benzene rings is 1. The number of hydrogen-bond acceptors (Lipinski definition) is 5. The first-order valence-electron chi connectivity index (χ1n) is 9.43. The number of carbonyl (C=O) groups excluding carboxylic acids is 1. The zero-order valence-corrected chi connectivity index (χ0v) is 15.7. The summed E-state index contributed by atoms with van der Waals surface area (Å²) in [6, 6.07) is 13.3. The molecule has 2 aromatic heterocycles. The Hall–Kier alpha value is -3.32. The lowest BCUT2D eigenvalue weighted by molar-refractivity contribution is -0.125. The van der Waals surface area contributed by atoms with E-state index < -0.39 is 0 Å². The minimum absolute atomic E-state index is 0.158. The smallest absolute Gasteiger partial charge is 0.210 e. The van der Waals surface area contributed by atoms with E-state index in [1.807, 2.05) is 18.2 Å². The highest BCUT2D eigenvalue weighted by atomic mass is 19.1. The van der Waals surface area contributed by atoms with Gasteiger partial charge < -0.3 is 15.0 Å². The summed E-state index contributed by atoms with van der Waals surface area (Å²) in [6.45, 7) is 1.54. The highest BCUT2D eigenvalue weighted by molar-refractivity contribution is 5.67. The molecule has 4 rings (SSSR count). The van der Waals surface area contributed by atoms with Gasteiger partial charge in [-0.1, -0.05) is 18.2 Å². The van der Waals surface area contributed by atoms with Crippen molar-refractivity contribution in [3.63, 3.8) is 0 Å². The lowest BCUT2D eigenvalue weighted by Gasteiger charge is -2.40. The minimum atomic E-state index is -0.291. The zero-order valence-electron chi connectivity index (χ0n) is 15.7. The normalized spacial score (nSPS) is 19.0. The van der Waals surface area contributed by atoms with Crippen molar-refractivity contribution in [3.05, 3.63) is 78.6 Å². The number of amides is 1. The number of piperazine rings is 1. The number of carbonyl (C=O) groups is 1. The van der Waals surface area contributed by atoms with Crippen LogP contribution in [0.1, 0.15) is 11.7 Å². The van der Waals surface area contributed by atoms with Gasteiger partial charge in [-0.3, -0.25) is 14.8 Å². The fourth-order valence-corrected chi connectivity index (χ4v) is 3.58. The van der Waals surface area contributed by atoms with Crippen LogP contribution < -0.4 is 10.1 Å². The van der Waals surface area contributed by atoms with Crippen molar-refractivity contribution < 1.29 is 13.9 Å². The van der Waals surface area contributed by atoms with E-state index in [0.29, 0.717) is 25.4 Å². The van der Waals surface area contributed by atoms with Crippen molar-refractivity contribution >= 4 is 6.41 Å². The van der Waals surface area contributed by atoms with Crippen LogP contribution in [0.2, 0.25) is 0 Å². The number of nitrogens with one attached hydrogen (secondary N) is 1. The second kappa shape index (κ2) is 8.79. The van der Waals surface area contributed by atoms with Crippen molar-refractivity contribution in [2.75, 3.05) is 19.7 Å². The molecule has 6 nitrogen and oxygen atoms in total. The summed E-state index contributed by atoms with van der Waals surface area (Å²) in [4.78, 5) is 22.4. The Kier molecular flexibility index (Phi) is 5.76. The van der Waals surface area contributed by atoms with Crippen LogP contribution in [0.3, 0.4) is 0 Å². The first-order chi connectivity index (χ1) is 14.3. The molecular weight excluding hydrogens is 371 g/mol. The predicted molar refractivity (Wildman–Crippen MR) is 107 cm³/mol. The SMILES string of the molecule is O=CN1C(COc2cccnc2)CNCC1c1ncccc1-c1ccc(F)cc1. The third-order valence-electron chi connectivity index (χ3n) is 5.01. The van der Waals surface area contributed by atoms with Crippen molar-refractivity contribution in [3.8, 4) is 16.9 Å². The highest BCUT2D eigenvalue weighted by Gasteiger charge is 2.33. The van der Waals surface area contributed by atoms with Gasteiger partial charge >= 0.3 is 0 Å². The monoisotopic (exact) mass is 392 g/mol. The standard InChI is InChI=1S/C22H21FN4O2/c23-17-7-5-16(6-8-17)20-4-2-10-26-22(20)21-13-25-11-18(27(21)15-28)14-29-19-3-1-9-24-12-19/h1-10,12,15,18,21,25H,11,13-14H2. The van der Waals surface area contributed by atoms with Crippen LogP contribution in [0.4, 0.5) is 4.39 Å². The van der Waals surface area contributed by atoms with E-state index in [0.717, 1.165) is 23.2 Å². The van der Waals surface area contributed by atoms with Crippen molar-refractivity contribution in [2.45, 2.75) is 12.1 Å². The highest BCUT2D eigenvalue weighted by Crippen LogP contribution is 2.31. The van der Waals surface area contributed by atoms with Crippen LogP contribution in [0.25, 0.3) is 11.1 Å². The molecule has 1 N–H and O–H groups in total. The Morgan fingerprint density at radius 2 is 1.97 bits per heavy atom. The van der Waals surface area contributed by atoms with Crippen LogP contribution in [0.15, 0.2) is 67.1 Å². The molecule has 1 fully saturated rings. The predicted octanol–water partition coefficient (Wildman–Crippen LogP) is 2.83. The summed E-state index contributed by atoms with van der Waals surface area (Å²) in [7, 11) is 0. The molecule has 1 aliphatic rings. The van der Waals surface area contributed by atoms with E-state index in [1.54, 1.807) is 41.7 Å². The lowest BCUT2D eigenvalue weighted by atomic mass is 9.97. The molecule has 1 saturated heterocycles. The van der Waals surface area contributed by atoms with E-state index in [4.69, 9.17) is 4.74 Å². The molecule has 0 aliphatic carbocycles. The largest absolute Gasteiger partial charge is 0.490 e. The zero-order chi connectivity index (χ0) is 20.1. The molecule has 1 amide bonds. The number of aromatic nitrogens is 2. The van der Waals surface area contributed by atoms with Gasteiger partial charge in [-0.2, -0.15) is 0 Å². The Bertz CT molecular complexity index is 953. The molecule has 7 heteroatoms. The molecule has 0 radical (unpaired) electrons. The Morgan fingerprint density at radius 3 is 2.72 bits per heavy atom. The summed E-state index contributed by atoms with van der Waals surface area (Å²) >= 11 is 0. The molecule has 3 heterocycles. The number of pyridine rings is 2. The third kappa shape index (κ3) is 4.25. The molecular formula is C22H21FN4O2. The second-order valence-corrected chi connectivity index (χ2v) is 6.82.